The quantitative estimate of drug-likeness (QED) is 0.864. The number of amides is 1. The number of furan rings is 1. The fourth-order valence-corrected chi connectivity index (χ4v) is 2.53. The summed E-state index contributed by atoms with van der Waals surface area (Å²) < 4.78 is 5.12. The van der Waals surface area contributed by atoms with Crippen LogP contribution >= 0.6 is 0 Å². The second-order valence-corrected chi connectivity index (χ2v) is 4.87. The van der Waals surface area contributed by atoms with E-state index in [1.165, 1.54) is 6.26 Å². The number of aliphatic hydroxyl groups excluding tert-OH is 1. The first kappa shape index (κ1) is 12.0. The van der Waals surface area contributed by atoms with Crippen molar-refractivity contribution >= 4 is 5.91 Å². The standard InChI is InChI=1S/C15H15NO3/c1-9-6-11(8-19-9)15(18)16-14-12-5-3-2-4-10(12)7-13(14)17/h2-6,8,13-14,17H,7H2,1H3,(H,16,18). The first-order valence-electron chi connectivity index (χ1n) is 6.27. The highest BCUT2D eigenvalue weighted by Crippen LogP contribution is 2.31. The van der Waals surface area contributed by atoms with E-state index in [0.29, 0.717) is 17.7 Å². The van der Waals surface area contributed by atoms with E-state index < -0.39 is 6.10 Å². The van der Waals surface area contributed by atoms with Crippen molar-refractivity contribution < 1.29 is 14.3 Å². The fourth-order valence-electron chi connectivity index (χ4n) is 2.53. The Kier molecular flexibility index (Phi) is 2.87. The molecule has 0 aliphatic heterocycles. The highest BCUT2D eigenvalue weighted by molar-refractivity contribution is 5.94. The molecule has 0 saturated carbocycles. The van der Waals surface area contributed by atoms with Gasteiger partial charge in [-0.05, 0) is 24.1 Å². The van der Waals surface area contributed by atoms with E-state index in [1.807, 2.05) is 24.3 Å². The van der Waals surface area contributed by atoms with Gasteiger partial charge in [-0.25, -0.2) is 0 Å². The summed E-state index contributed by atoms with van der Waals surface area (Å²) in [5.74, 6) is 0.468. The molecule has 1 amide bonds. The highest BCUT2D eigenvalue weighted by Gasteiger charge is 2.32. The number of benzene rings is 1. The molecule has 1 aliphatic rings. The molecule has 98 valence electrons. The molecule has 1 aliphatic carbocycles. The Bertz CT molecular complexity index is 617. The Labute approximate surface area is 111 Å². The lowest BCUT2D eigenvalue weighted by Crippen LogP contribution is -2.33. The molecular formula is C15H15NO3. The van der Waals surface area contributed by atoms with Crippen LogP contribution in [-0.2, 0) is 6.42 Å². The number of aliphatic hydroxyl groups is 1. The number of aryl methyl sites for hydroxylation is 1. The molecule has 2 atom stereocenters. The van der Waals surface area contributed by atoms with Gasteiger partial charge in [0.05, 0.1) is 17.7 Å². The third-order valence-corrected chi connectivity index (χ3v) is 3.48. The second kappa shape index (κ2) is 4.55. The zero-order chi connectivity index (χ0) is 13.4. The molecule has 4 heteroatoms. The predicted molar refractivity (Wildman–Crippen MR) is 69.8 cm³/mol. The number of rotatable bonds is 2. The lowest BCUT2D eigenvalue weighted by molar-refractivity contribution is 0.0857. The Balaban J connectivity index is 1.82. The van der Waals surface area contributed by atoms with Gasteiger partial charge >= 0.3 is 0 Å². The number of fused-ring (bicyclic) bond motifs is 1. The molecule has 0 bridgehead atoms. The van der Waals surface area contributed by atoms with Crippen molar-refractivity contribution in [3.05, 3.63) is 59.0 Å². The van der Waals surface area contributed by atoms with E-state index in [2.05, 4.69) is 5.32 Å². The second-order valence-electron chi connectivity index (χ2n) is 4.87. The van der Waals surface area contributed by atoms with Crippen LogP contribution in [0.1, 0.15) is 33.3 Å². The van der Waals surface area contributed by atoms with E-state index in [0.717, 1.165) is 11.1 Å². The normalized spacial score (nSPS) is 21.2. The maximum Gasteiger partial charge on any atom is 0.255 e. The topological polar surface area (TPSA) is 62.5 Å². The zero-order valence-electron chi connectivity index (χ0n) is 10.6. The van der Waals surface area contributed by atoms with Gasteiger partial charge in [-0.15, -0.1) is 0 Å². The molecule has 0 fully saturated rings. The molecule has 19 heavy (non-hydrogen) atoms. The summed E-state index contributed by atoms with van der Waals surface area (Å²) in [4.78, 5) is 12.1. The maximum atomic E-state index is 12.1. The molecule has 1 aromatic carbocycles. The summed E-state index contributed by atoms with van der Waals surface area (Å²) in [5.41, 5.74) is 2.56. The van der Waals surface area contributed by atoms with Crippen LogP contribution in [0, 0.1) is 6.92 Å². The van der Waals surface area contributed by atoms with Crippen molar-refractivity contribution in [2.75, 3.05) is 0 Å². The summed E-state index contributed by atoms with van der Waals surface area (Å²) >= 11 is 0. The lowest BCUT2D eigenvalue weighted by Gasteiger charge is -2.17. The summed E-state index contributed by atoms with van der Waals surface area (Å²) in [7, 11) is 0. The van der Waals surface area contributed by atoms with E-state index in [-0.39, 0.29) is 11.9 Å². The van der Waals surface area contributed by atoms with Gasteiger partial charge in [-0.3, -0.25) is 4.79 Å². The third-order valence-electron chi connectivity index (χ3n) is 3.48. The van der Waals surface area contributed by atoms with Crippen LogP contribution in [0.2, 0.25) is 0 Å². The van der Waals surface area contributed by atoms with Gasteiger partial charge in [-0.1, -0.05) is 24.3 Å². The van der Waals surface area contributed by atoms with Crippen LogP contribution in [-0.4, -0.2) is 17.1 Å². The van der Waals surface area contributed by atoms with Crippen molar-refractivity contribution in [3.8, 4) is 0 Å². The molecule has 2 aromatic rings. The molecule has 0 radical (unpaired) electrons. The number of hydrogen-bond acceptors (Lipinski definition) is 3. The molecule has 0 spiro atoms. The zero-order valence-corrected chi connectivity index (χ0v) is 10.6. The SMILES string of the molecule is Cc1cc(C(=O)NC2c3ccccc3CC2O)co1. The van der Waals surface area contributed by atoms with Gasteiger partial charge in [0.25, 0.3) is 5.91 Å². The first-order chi connectivity index (χ1) is 9.15. The van der Waals surface area contributed by atoms with Gasteiger partial charge in [-0.2, -0.15) is 0 Å². The van der Waals surface area contributed by atoms with Crippen LogP contribution < -0.4 is 5.32 Å². The maximum absolute atomic E-state index is 12.1. The van der Waals surface area contributed by atoms with Crippen LogP contribution in [0.4, 0.5) is 0 Å². The molecule has 3 rings (SSSR count). The molecule has 2 unspecified atom stereocenters. The van der Waals surface area contributed by atoms with Crippen LogP contribution in [0.25, 0.3) is 0 Å². The molecule has 1 heterocycles. The lowest BCUT2D eigenvalue weighted by atomic mass is 10.1. The van der Waals surface area contributed by atoms with Crippen molar-refractivity contribution in [1.29, 1.82) is 0 Å². The number of hydrogen-bond donors (Lipinski definition) is 2. The number of nitrogens with one attached hydrogen (secondary N) is 1. The predicted octanol–water partition coefficient (Wildman–Crippen LogP) is 1.98. The largest absolute Gasteiger partial charge is 0.469 e. The first-order valence-corrected chi connectivity index (χ1v) is 6.27. The van der Waals surface area contributed by atoms with Gasteiger partial charge < -0.3 is 14.8 Å². The van der Waals surface area contributed by atoms with Crippen molar-refractivity contribution in [2.45, 2.75) is 25.5 Å². The van der Waals surface area contributed by atoms with Gasteiger partial charge in [0, 0.05) is 6.42 Å². The van der Waals surface area contributed by atoms with Gasteiger partial charge in [0.15, 0.2) is 0 Å². The van der Waals surface area contributed by atoms with Crippen molar-refractivity contribution in [1.82, 2.24) is 5.32 Å². The van der Waals surface area contributed by atoms with E-state index in [9.17, 15) is 9.90 Å². The Hall–Kier alpha value is -2.07. The fraction of sp³-hybridized carbons (Fsp3) is 0.267. The molecule has 2 N–H and O–H groups in total. The van der Waals surface area contributed by atoms with Crippen LogP contribution in [0.15, 0.2) is 41.0 Å². The van der Waals surface area contributed by atoms with E-state index in [4.69, 9.17) is 4.42 Å². The van der Waals surface area contributed by atoms with E-state index >= 15 is 0 Å². The summed E-state index contributed by atoms with van der Waals surface area (Å²) in [5, 5.41) is 12.9. The van der Waals surface area contributed by atoms with E-state index in [1.54, 1.807) is 13.0 Å². The average molecular weight is 257 g/mol. The molecule has 4 nitrogen and oxygen atoms in total. The molecule has 0 saturated heterocycles. The summed E-state index contributed by atoms with van der Waals surface area (Å²) in [6.45, 7) is 1.79. The van der Waals surface area contributed by atoms with Crippen molar-refractivity contribution in [2.24, 2.45) is 0 Å². The minimum atomic E-state index is -0.575. The Morgan fingerprint density at radius 1 is 1.42 bits per heavy atom. The third kappa shape index (κ3) is 2.15. The smallest absolute Gasteiger partial charge is 0.255 e. The summed E-state index contributed by atoms with van der Waals surface area (Å²) in [6, 6.07) is 9.11. The van der Waals surface area contributed by atoms with Crippen LogP contribution in [0.3, 0.4) is 0 Å². The van der Waals surface area contributed by atoms with Crippen LogP contribution in [0.5, 0.6) is 0 Å². The minimum Gasteiger partial charge on any atom is -0.469 e. The average Bonchev–Trinajstić information content (AvgIpc) is 2.95. The van der Waals surface area contributed by atoms with Crippen molar-refractivity contribution in [3.63, 3.8) is 0 Å². The van der Waals surface area contributed by atoms with Gasteiger partial charge in [0.2, 0.25) is 0 Å². The number of carbonyl (C=O) groups excluding carboxylic acids is 1. The highest BCUT2D eigenvalue weighted by atomic mass is 16.3. The molecular weight excluding hydrogens is 242 g/mol. The summed E-state index contributed by atoms with van der Waals surface area (Å²) in [6.07, 6.45) is 1.43. The Morgan fingerprint density at radius 3 is 2.95 bits per heavy atom. The van der Waals surface area contributed by atoms with Gasteiger partial charge in [0.1, 0.15) is 12.0 Å². The minimum absolute atomic E-state index is 0.224. The molecule has 1 aromatic heterocycles. The Morgan fingerprint density at radius 2 is 2.21 bits per heavy atom. The monoisotopic (exact) mass is 257 g/mol. The number of carbonyl (C=O) groups is 1.